The van der Waals surface area contributed by atoms with Crippen molar-refractivity contribution in [1.82, 2.24) is 0 Å². The minimum absolute atomic E-state index is 0.0632. The Labute approximate surface area is 171 Å². The number of phenols is 3. The quantitative estimate of drug-likeness (QED) is 0.693. The van der Waals surface area contributed by atoms with Gasteiger partial charge in [-0.1, -0.05) is 27.7 Å². The Bertz CT molecular complexity index is 871. The highest BCUT2D eigenvalue weighted by Gasteiger charge is 2.61. The fraction of sp³-hybridized carbons (Fsp3) is 0.667. The number of benzene rings is 1. The van der Waals surface area contributed by atoms with Crippen molar-refractivity contribution in [2.75, 3.05) is 0 Å². The van der Waals surface area contributed by atoms with Gasteiger partial charge in [-0.2, -0.15) is 0 Å². The summed E-state index contributed by atoms with van der Waals surface area (Å²) in [6.07, 6.45) is 2.19. The normalized spacial score (nSPS) is 38.9. The van der Waals surface area contributed by atoms with Gasteiger partial charge in [-0.25, -0.2) is 0 Å². The molecule has 6 aliphatic carbocycles. The highest BCUT2D eigenvalue weighted by Crippen LogP contribution is 2.67. The van der Waals surface area contributed by atoms with Crippen LogP contribution in [-0.4, -0.2) is 26.9 Å². The van der Waals surface area contributed by atoms with E-state index < -0.39 is 0 Å². The molecule has 0 radical (unpaired) electrons. The molecule has 0 amide bonds. The average Bonchev–Trinajstić information content (AvgIpc) is 2.59. The third-order valence-corrected chi connectivity index (χ3v) is 9.35. The molecule has 6 atom stereocenters. The van der Waals surface area contributed by atoms with Crippen LogP contribution in [0.1, 0.15) is 76.3 Å². The van der Waals surface area contributed by atoms with Crippen LogP contribution in [0.5, 0.6) is 17.2 Å². The molecule has 6 aliphatic rings. The molecule has 1 aromatic carbocycles. The summed E-state index contributed by atoms with van der Waals surface area (Å²) in [6, 6.07) is 1.30. The topological polar surface area (TPSA) is 94.8 Å². The van der Waals surface area contributed by atoms with E-state index in [2.05, 4.69) is 27.7 Å². The van der Waals surface area contributed by atoms with Crippen molar-refractivity contribution < 1.29 is 24.9 Å². The van der Waals surface area contributed by atoms with E-state index in [1.165, 1.54) is 6.07 Å². The lowest BCUT2D eigenvalue weighted by molar-refractivity contribution is -0.152. The average molecular weight is 398 g/mol. The zero-order chi connectivity index (χ0) is 21.0. The van der Waals surface area contributed by atoms with Crippen molar-refractivity contribution in [3.8, 4) is 17.2 Å². The first-order valence-corrected chi connectivity index (χ1v) is 10.8. The van der Waals surface area contributed by atoms with Crippen LogP contribution in [0, 0.1) is 34.5 Å². The highest BCUT2D eigenvalue weighted by atomic mass is 16.3. The van der Waals surface area contributed by atoms with Crippen molar-refractivity contribution in [3.05, 3.63) is 17.2 Å². The van der Waals surface area contributed by atoms with Crippen molar-refractivity contribution in [1.29, 1.82) is 0 Å². The molecule has 4 bridgehead atoms. The smallest absolute Gasteiger partial charge is 0.137 e. The van der Waals surface area contributed by atoms with Crippen molar-refractivity contribution in [2.24, 2.45) is 34.5 Å². The summed E-state index contributed by atoms with van der Waals surface area (Å²) in [5.41, 5.74) is 0.463. The van der Waals surface area contributed by atoms with E-state index in [0.29, 0.717) is 24.0 Å². The Morgan fingerprint density at radius 1 is 0.759 bits per heavy atom. The lowest BCUT2D eigenvalue weighted by Crippen LogP contribution is -2.56. The van der Waals surface area contributed by atoms with Gasteiger partial charge in [0.2, 0.25) is 0 Å². The Kier molecular flexibility index (Phi) is 3.63. The maximum Gasteiger partial charge on any atom is 0.137 e. The lowest BCUT2D eigenvalue weighted by atomic mass is 9.43. The molecule has 2 unspecified atom stereocenters. The molecule has 5 nitrogen and oxygen atoms in total. The first-order chi connectivity index (χ1) is 13.5. The van der Waals surface area contributed by atoms with Crippen LogP contribution in [0.4, 0.5) is 0 Å². The Morgan fingerprint density at radius 2 is 1.14 bits per heavy atom. The van der Waals surface area contributed by atoms with Gasteiger partial charge >= 0.3 is 0 Å². The Balaban J connectivity index is 1.61. The number of ketones is 2. The van der Waals surface area contributed by atoms with Crippen molar-refractivity contribution in [3.63, 3.8) is 0 Å². The molecular weight excluding hydrogens is 368 g/mol. The van der Waals surface area contributed by atoms with Gasteiger partial charge in [-0.15, -0.1) is 0 Å². The molecule has 1 aromatic rings. The summed E-state index contributed by atoms with van der Waals surface area (Å²) in [5, 5.41) is 32.6. The molecule has 0 aromatic heterocycles. The fourth-order valence-electron chi connectivity index (χ4n) is 7.39. The van der Waals surface area contributed by atoms with Crippen LogP contribution >= 0.6 is 0 Å². The lowest BCUT2D eigenvalue weighted by Gasteiger charge is -2.59. The molecule has 0 aliphatic heterocycles. The third kappa shape index (κ3) is 2.22. The minimum Gasteiger partial charge on any atom is -0.507 e. The van der Waals surface area contributed by atoms with Crippen LogP contribution in [0.15, 0.2) is 6.07 Å². The SMILES string of the molecule is CC1(C)C2C[C@H]1C(=O)C[C@H]2c1c(O)cc(O)c(C2CC(=O)[C@@H]3C[C@H]2C3(C)C)c1O. The summed E-state index contributed by atoms with van der Waals surface area (Å²) >= 11 is 0. The molecule has 7 rings (SSSR count). The second kappa shape index (κ2) is 5.55. The minimum atomic E-state index is -0.261. The Hall–Kier alpha value is -2.04. The second-order valence-corrected chi connectivity index (χ2v) is 11.1. The number of hydrogen-bond donors (Lipinski definition) is 3. The van der Waals surface area contributed by atoms with Crippen LogP contribution in [0.3, 0.4) is 0 Å². The predicted molar refractivity (Wildman–Crippen MR) is 107 cm³/mol. The number of Topliss-reactive ketones (excluding diaryl/α,β-unsaturated/α-hetero) is 2. The molecule has 3 N–H and O–H groups in total. The van der Waals surface area contributed by atoms with Crippen molar-refractivity contribution >= 4 is 11.6 Å². The molecule has 29 heavy (non-hydrogen) atoms. The van der Waals surface area contributed by atoms with Crippen LogP contribution in [0.25, 0.3) is 0 Å². The largest absolute Gasteiger partial charge is 0.507 e. The zero-order valence-electron chi connectivity index (χ0n) is 17.5. The number of hydrogen-bond acceptors (Lipinski definition) is 5. The molecule has 5 heteroatoms. The Morgan fingerprint density at radius 3 is 1.45 bits per heavy atom. The highest BCUT2D eigenvalue weighted by molar-refractivity contribution is 5.87. The molecule has 0 heterocycles. The molecule has 0 spiro atoms. The first kappa shape index (κ1) is 19.0. The molecule has 6 saturated carbocycles. The summed E-state index contributed by atoms with van der Waals surface area (Å²) in [4.78, 5) is 25.3. The van der Waals surface area contributed by atoms with Gasteiger partial charge in [0.15, 0.2) is 0 Å². The fourth-order valence-corrected chi connectivity index (χ4v) is 7.39. The number of carbonyl (C=O) groups excluding carboxylic acids is 2. The molecule has 156 valence electrons. The standard InChI is InChI=1S/C24H30O5/c1-23(2)12-7-14(23)16(25)5-10(12)20-18(27)9-19(28)21(22(20)29)11-6-17(26)15-8-13(11)24(15,3)4/h9-15,27-29H,5-8H2,1-4H3/t10-,11?,12?,13-,14+,15+/m1/s1. The maximum absolute atomic E-state index is 12.6. The number of rotatable bonds is 2. The first-order valence-electron chi connectivity index (χ1n) is 10.8. The van der Waals surface area contributed by atoms with Gasteiger partial charge in [-0.3, -0.25) is 9.59 Å². The van der Waals surface area contributed by atoms with E-state index in [9.17, 15) is 24.9 Å². The van der Waals surface area contributed by atoms with Gasteiger partial charge in [0.25, 0.3) is 0 Å². The van der Waals surface area contributed by atoms with Crippen molar-refractivity contribution in [2.45, 2.75) is 65.2 Å². The predicted octanol–water partition coefficient (Wildman–Crippen LogP) is 4.24. The monoisotopic (exact) mass is 398 g/mol. The van der Waals surface area contributed by atoms with Crippen LogP contribution in [-0.2, 0) is 9.59 Å². The number of fused-ring (bicyclic) bond motifs is 4. The van der Waals surface area contributed by atoms with Gasteiger partial charge < -0.3 is 15.3 Å². The number of aromatic hydroxyl groups is 3. The van der Waals surface area contributed by atoms with Gasteiger partial charge in [0, 0.05) is 53.7 Å². The maximum atomic E-state index is 12.6. The van der Waals surface area contributed by atoms with E-state index in [-0.39, 0.29) is 75.2 Å². The van der Waals surface area contributed by atoms with E-state index >= 15 is 0 Å². The number of phenolic OH excluding ortho intramolecular Hbond substituents is 3. The summed E-state index contributed by atoms with van der Waals surface area (Å²) < 4.78 is 0. The molecule has 0 saturated heterocycles. The molecular formula is C24H30O5. The van der Waals surface area contributed by atoms with E-state index in [1.54, 1.807) is 0 Å². The van der Waals surface area contributed by atoms with E-state index in [1.807, 2.05) is 0 Å². The van der Waals surface area contributed by atoms with Gasteiger partial charge in [0.05, 0.1) is 0 Å². The number of carbonyl (C=O) groups is 2. The van der Waals surface area contributed by atoms with Crippen LogP contribution < -0.4 is 0 Å². The van der Waals surface area contributed by atoms with Crippen LogP contribution in [0.2, 0.25) is 0 Å². The zero-order valence-corrected chi connectivity index (χ0v) is 17.5. The van der Waals surface area contributed by atoms with E-state index in [0.717, 1.165) is 12.8 Å². The molecule has 6 fully saturated rings. The third-order valence-electron chi connectivity index (χ3n) is 9.35. The summed E-state index contributed by atoms with van der Waals surface area (Å²) in [7, 11) is 0. The summed E-state index contributed by atoms with van der Waals surface area (Å²) in [5.74, 6) is -0.0352. The van der Waals surface area contributed by atoms with Gasteiger partial charge in [0.1, 0.15) is 28.8 Å². The van der Waals surface area contributed by atoms with E-state index in [4.69, 9.17) is 0 Å². The summed E-state index contributed by atoms with van der Waals surface area (Å²) in [6.45, 7) is 8.34. The second-order valence-electron chi connectivity index (χ2n) is 11.1. The van der Waals surface area contributed by atoms with Gasteiger partial charge in [-0.05, 0) is 35.5 Å².